The van der Waals surface area contributed by atoms with Gasteiger partial charge in [-0.1, -0.05) is 12.1 Å². The van der Waals surface area contributed by atoms with Gasteiger partial charge in [-0.2, -0.15) is 5.10 Å². The van der Waals surface area contributed by atoms with Crippen LogP contribution in [-0.2, 0) is 0 Å². The molecule has 1 unspecified atom stereocenters. The average molecular weight is 189 g/mol. The molecule has 1 atom stereocenters. The van der Waals surface area contributed by atoms with E-state index >= 15 is 0 Å². The molecule has 2 N–H and O–H groups in total. The normalized spacial score (nSPS) is 13.4. The van der Waals surface area contributed by atoms with Crippen molar-refractivity contribution in [2.75, 3.05) is 7.05 Å². The zero-order valence-electron chi connectivity index (χ0n) is 8.76. The maximum Gasteiger partial charge on any atom is 0.0926 e. The highest BCUT2D eigenvalue weighted by atomic mass is 15.1. The van der Waals surface area contributed by atoms with Gasteiger partial charge in [-0.25, -0.2) is 0 Å². The van der Waals surface area contributed by atoms with Gasteiger partial charge in [-0.05, 0) is 32.5 Å². The number of rotatable bonds is 2. The maximum atomic E-state index is 4.28. The Morgan fingerprint density at radius 3 is 2.93 bits per heavy atom. The molecule has 14 heavy (non-hydrogen) atoms. The van der Waals surface area contributed by atoms with Gasteiger partial charge in [0, 0.05) is 11.4 Å². The van der Waals surface area contributed by atoms with Crippen LogP contribution in [0.4, 0.5) is 0 Å². The Balaban J connectivity index is 2.58. The molecule has 0 amide bonds. The summed E-state index contributed by atoms with van der Waals surface area (Å²) < 4.78 is 0. The molecule has 1 aromatic carbocycles. The topological polar surface area (TPSA) is 40.7 Å². The van der Waals surface area contributed by atoms with Crippen LogP contribution in [0.5, 0.6) is 0 Å². The summed E-state index contributed by atoms with van der Waals surface area (Å²) in [7, 11) is 1.95. The zero-order valence-corrected chi connectivity index (χ0v) is 8.76. The van der Waals surface area contributed by atoms with Crippen molar-refractivity contribution in [2.24, 2.45) is 0 Å². The molecule has 0 aliphatic heterocycles. The Bertz CT molecular complexity index is 445. The van der Waals surface area contributed by atoms with Gasteiger partial charge in [0.2, 0.25) is 0 Å². The number of aromatic amines is 1. The number of nitrogens with one attached hydrogen (secondary N) is 2. The third-order valence-electron chi connectivity index (χ3n) is 2.61. The zero-order chi connectivity index (χ0) is 10.1. The third-order valence-corrected chi connectivity index (χ3v) is 2.61. The van der Waals surface area contributed by atoms with E-state index < -0.39 is 0 Å². The summed E-state index contributed by atoms with van der Waals surface area (Å²) in [5.74, 6) is 0. The highest BCUT2D eigenvalue weighted by Gasteiger charge is 2.09. The van der Waals surface area contributed by atoms with Gasteiger partial charge in [-0.15, -0.1) is 0 Å². The minimum absolute atomic E-state index is 0.308. The van der Waals surface area contributed by atoms with E-state index in [4.69, 9.17) is 0 Å². The largest absolute Gasteiger partial charge is 0.312 e. The molecular formula is C11H15N3. The molecule has 0 bridgehead atoms. The molecule has 3 nitrogen and oxygen atoms in total. The van der Waals surface area contributed by atoms with Gasteiger partial charge in [0.05, 0.1) is 11.2 Å². The summed E-state index contributed by atoms with van der Waals surface area (Å²) in [6, 6.07) is 6.64. The Kier molecular flexibility index (Phi) is 2.25. The van der Waals surface area contributed by atoms with Crippen molar-refractivity contribution in [3.63, 3.8) is 0 Å². The summed E-state index contributed by atoms with van der Waals surface area (Å²) in [4.78, 5) is 0. The number of hydrogen-bond donors (Lipinski definition) is 2. The molecule has 0 fully saturated rings. The van der Waals surface area contributed by atoms with Crippen molar-refractivity contribution in [3.05, 3.63) is 29.5 Å². The van der Waals surface area contributed by atoms with Crippen molar-refractivity contribution < 1.29 is 0 Å². The van der Waals surface area contributed by atoms with Crippen LogP contribution in [0, 0.1) is 6.92 Å². The van der Waals surface area contributed by atoms with Crippen LogP contribution in [-0.4, -0.2) is 17.2 Å². The van der Waals surface area contributed by atoms with Crippen LogP contribution in [0.3, 0.4) is 0 Å². The number of nitrogens with zero attached hydrogens (tertiary/aromatic N) is 1. The third kappa shape index (κ3) is 1.40. The minimum atomic E-state index is 0.308. The summed E-state index contributed by atoms with van der Waals surface area (Å²) in [6.45, 7) is 4.20. The molecule has 0 aliphatic carbocycles. The number of benzene rings is 1. The molecule has 0 saturated heterocycles. The second-order valence-corrected chi connectivity index (χ2v) is 3.67. The second kappa shape index (κ2) is 3.42. The summed E-state index contributed by atoms with van der Waals surface area (Å²) in [6.07, 6.45) is 0. The van der Waals surface area contributed by atoms with Crippen molar-refractivity contribution in [3.8, 4) is 0 Å². The molecule has 74 valence electrons. The predicted octanol–water partition coefficient (Wildman–Crippen LogP) is 2.15. The SMILES string of the molecule is CNC(C)c1[nH]nc2cc(C)ccc12. The van der Waals surface area contributed by atoms with Gasteiger partial charge in [-0.3, -0.25) is 5.10 Å². The molecule has 0 aliphatic rings. The van der Waals surface area contributed by atoms with Crippen molar-refractivity contribution in [1.82, 2.24) is 15.5 Å². The lowest BCUT2D eigenvalue weighted by Crippen LogP contribution is -2.12. The van der Waals surface area contributed by atoms with E-state index in [0.717, 1.165) is 11.2 Å². The van der Waals surface area contributed by atoms with E-state index in [1.54, 1.807) is 0 Å². The summed E-state index contributed by atoms with van der Waals surface area (Å²) in [5.41, 5.74) is 3.44. The molecule has 1 aromatic heterocycles. The molecule has 2 aromatic rings. The van der Waals surface area contributed by atoms with Crippen LogP contribution in [0.2, 0.25) is 0 Å². The first-order valence-electron chi connectivity index (χ1n) is 4.84. The highest BCUT2D eigenvalue weighted by molar-refractivity contribution is 5.82. The van der Waals surface area contributed by atoms with Crippen LogP contribution in [0.25, 0.3) is 10.9 Å². The molecule has 2 rings (SSSR count). The smallest absolute Gasteiger partial charge is 0.0926 e. The van der Waals surface area contributed by atoms with Crippen molar-refractivity contribution >= 4 is 10.9 Å². The van der Waals surface area contributed by atoms with E-state index in [-0.39, 0.29) is 0 Å². The van der Waals surface area contributed by atoms with Gasteiger partial charge >= 0.3 is 0 Å². The van der Waals surface area contributed by atoms with Gasteiger partial charge in [0.15, 0.2) is 0 Å². The Hall–Kier alpha value is -1.35. The first kappa shape index (κ1) is 9.21. The minimum Gasteiger partial charge on any atom is -0.312 e. The van der Waals surface area contributed by atoms with E-state index in [1.807, 2.05) is 7.05 Å². The van der Waals surface area contributed by atoms with Gasteiger partial charge < -0.3 is 5.32 Å². The quantitative estimate of drug-likeness (QED) is 0.760. The number of aryl methyl sites for hydroxylation is 1. The van der Waals surface area contributed by atoms with Crippen molar-refractivity contribution in [2.45, 2.75) is 19.9 Å². The van der Waals surface area contributed by atoms with Crippen LogP contribution in [0.15, 0.2) is 18.2 Å². The lowest BCUT2D eigenvalue weighted by Gasteiger charge is -2.07. The fourth-order valence-electron chi connectivity index (χ4n) is 1.62. The number of hydrogen-bond acceptors (Lipinski definition) is 2. The first-order chi connectivity index (χ1) is 6.72. The lowest BCUT2D eigenvalue weighted by atomic mass is 10.1. The van der Waals surface area contributed by atoms with Crippen LogP contribution >= 0.6 is 0 Å². The standard InChI is InChI=1S/C11H15N3/c1-7-4-5-9-10(6-7)13-14-11(9)8(2)12-3/h4-6,8,12H,1-3H3,(H,13,14). The Morgan fingerprint density at radius 2 is 2.21 bits per heavy atom. The van der Waals surface area contributed by atoms with Crippen LogP contribution in [0.1, 0.15) is 24.2 Å². The summed E-state index contributed by atoms with van der Waals surface area (Å²) >= 11 is 0. The van der Waals surface area contributed by atoms with E-state index in [0.29, 0.717) is 6.04 Å². The highest BCUT2D eigenvalue weighted by Crippen LogP contribution is 2.21. The number of aromatic nitrogens is 2. The molecular weight excluding hydrogens is 174 g/mol. The van der Waals surface area contributed by atoms with Gasteiger partial charge in [0.25, 0.3) is 0 Å². The first-order valence-corrected chi connectivity index (χ1v) is 4.84. The Morgan fingerprint density at radius 1 is 1.43 bits per heavy atom. The van der Waals surface area contributed by atoms with Gasteiger partial charge in [0.1, 0.15) is 0 Å². The number of H-pyrrole nitrogens is 1. The fourth-order valence-corrected chi connectivity index (χ4v) is 1.62. The monoisotopic (exact) mass is 189 g/mol. The molecule has 1 heterocycles. The van der Waals surface area contributed by atoms with E-state index in [1.165, 1.54) is 10.9 Å². The predicted molar refractivity (Wildman–Crippen MR) is 58.3 cm³/mol. The second-order valence-electron chi connectivity index (χ2n) is 3.67. The lowest BCUT2D eigenvalue weighted by molar-refractivity contribution is 0.634. The number of fused-ring (bicyclic) bond motifs is 1. The van der Waals surface area contributed by atoms with Crippen molar-refractivity contribution in [1.29, 1.82) is 0 Å². The van der Waals surface area contributed by atoms with E-state index in [9.17, 15) is 0 Å². The maximum absolute atomic E-state index is 4.28. The Labute approximate surface area is 83.5 Å². The van der Waals surface area contributed by atoms with E-state index in [2.05, 4.69) is 47.6 Å². The summed E-state index contributed by atoms with van der Waals surface area (Å²) in [5, 5.41) is 11.8. The molecule has 3 heteroatoms. The van der Waals surface area contributed by atoms with Crippen LogP contribution < -0.4 is 5.32 Å². The molecule has 0 radical (unpaired) electrons. The average Bonchev–Trinajstić information content (AvgIpc) is 2.59. The fraction of sp³-hybridized carbons (Fsp3) is 0.364. The molecule has 0 saturated carbocycles. The molecule has 0 spiro atoms.